The first-order valence-corrected chi connectivity index (χ1v) is 8.64. The van der Waals surface area contributed by atoms with Crippen LogP contribution in [0.25, 0.3) is 11.3 Å². The van der Waals surface area contributed by atoms with Gasteiger partial charge in [0.2, 0.25) is 6.10 Å². The van der Waals surface area contributed by atoms with Crippen LogP contribution in [0, 0.1) is 0 Å². The van der Waals surface area contributed by atoms with Crippen LogP contribution in [-0.4, -0.2) is 24.8 Å². The number of rotatable bonds is 4. The Bertz CT molecular complexity index is 999. The summed E-state index contributed by atoms with van der Waals surface area (Å²) in [6.45, 7) is 0.123. The quantitative estimate of drug-likeness (QED) is 0.548. The maximum absolute atomic E-state index is 12.2. The van der Waals surface area contributed by atoms with E-state index in [1.165, 1.54) is 6.21 Å². The first kappa shape index (κ1) is 17.2. The van der Waals surface area contributed by atoms with Gasteiger partial charge < -0.3 is 13.9 Å². The van der Waals surface area contributed by atoms with Crippen molar-refractivity contribution in [2.45, 2.75) is 6.10 Å². The lowest BCUT2D eigenvalue weighted by atomic mass is 10.2. The van der Waals surface area contributed by atoms with E-state index in [-0.39, 0.29) is 6.61 Å². The third kappa shape index (κ3) is 3.96. The lowest BCUT2D eigenvalue weighted by molar-refractivity contribution is -0.130. The number of para-hydroxylation sites is 2. The SMILES string of the molecule is O=C(N/N=C/c1ccc(-c2cccc(Cl)c2)o1)[C@H]1COc2ccccc2O1. The molecule has 0 fully saturated rings. The topological polar surface area (TPSA) is 73.1 Å². The van der Waals surface area contributed by atoms with Crippen molar-refractivity contribution in [2.75, 3.05) is 6.61 Å². The Morgan fingerprint density at radius 3 is 2.81 bits per heavy atom. The Balaban J connectivity index is 1.36. The normalized spacial score (nSPS) is 15.7. The number of nitrogens with one attached hydrogen (secondary N) is 1. The fraction of sp³-hybridized carbons (Fsp3) is 0.100. The molecule has 0 unspecified atom stereocenters. The van der Waals surface area contributed by atoms with Gasteiger partial charge in [0.05, 0.1) is 6.21 Å². The minimum Gasteiger partial charge on any atom is -0.485 e. The number of carbonyl (C=O) groups excluding carboxylic acids is 1. The molecule has 1 atom stereocenters. The molecule has 0 aliphatic carbocycles. The van der Waals surface area contributed by atoms with Gasteiger partial charge in [0.15, 0.2) is 11.5 Å². The highest BCUT2D eigenvalue weighted by Gasteiger charge is 2.26. The Morgan fingerprint density at radius 1 is 1.11 bits per heavy atom. The van der Waals surface area contributed by atoms with Crippen molar-refractivity contribution in [3.8, 4) is 22.8 Å². The second kappa shape index (κ2) is 7.55. The van der Waals surface area contributed by atoms with Crippen molar-refractivity contribution >= 4 is 23.7 Å². The van der Waals surface area contributed by atoms with Crippen LogP contribution in [0.15, 0.2) is 70.2 Å². The summed E-state index contributed by atoms with van der Waals surface area (Å²) in [4.78, 5) is 12.2. The van der Waals surface area contributed by atoms with E-state index in [1.807, 2.05) is 30.3 Å². The minimum absolute atomic E-state index is 0.123. The molecule has 2 heterocycles. The van der Waals surface area contributed by atoms with E-state index in [0.29, 0.717) is 28.0 Å². The molecule has 6 nitrogen and oxygen atoms in total. The molecule has 0 saturated carbocycles. The van der Waals surface area contributed by atoms with Crippen LogP contribution in [0.4, 0.5) is 0 Å². The summed E-state index contributed by atoms with van der Waals surface area (Å²) < 4.78 is 16.8. The van der Waals surface area contributed by atoms with Gasteiger partial charge in [0.25, 0.3) is 5.91 Å². The third-order valence-electron chi connectivity index (χ3n) is 3.90. The fourth-order valence-corrected chi connectivity index (χ4v) is 2.79. The summed E-state index contributed by atoms with van der Waals surface area (Å²) in [5.41, 5.74) is 3.29. The first-order valence-electron chi connectivity index (χ1n) is 8.26. The van der Waals surface area contributed by atoms with Crippen LogP contribution in [-0.2, 0) is 4.79 Å². The summed E-state index contributed by atoms with van der Waals surface area (Å²) in [5.74, 6) is 1.91. The van der Waals surface area contributed by atoms with Crippen LogP contribution in [0.5, 0.6) is 11.5 Å². The molecule has 1 N–H and O–H groups in total. The van der Waals surface area contributed by atoms with Gasteiger partial charge in [-0.15, -0.1) is 0 Å². The molecule has 1 amide bonds. The van der Waals surface area contributed by atoms with Gasteiger partial charge in [0, 0.05) is 10.6 Å². The van der Waals surface area contributed by atoms with E-state index in [2.05, 4.69) is 10.5 Å². The van der Waals surface area contributed by atoms with Gasteiger partial charge >= 0.3 is 0 Å². The summed E-state index contributed by atoms with van der Waals surface area (Å²) in [7, 11) is 0. The van der Waals surface area contributed by atoms with Gasteiger partial charge in [-0.1, -0.05) is 35.9 Å². The first-order chi connectivity index (χ1) is 13.2. The predicted octanol–water partition coefficient (Wildman–Crippen LogP) is 3.89. The van der Waals surface area contributed by atoms with Gasteiger partial charge in [-0.2, -0.15) is 5.10 Å². The zero-order valence-corrected chi connectivity index (χ0v) is 14.8. The van der Waals surface area contributed by atoms with Crippen molar-refractivity contribution < 1.29 is 18.7 Å². The smallest absolute Gasteiger partial charge is 0.284 e. The lowest BCUT2D eigenvalue weighted by Gasteiger charge is -2.24. The van der Waals surface area contributed by atoms with Crippen molar-refractivity contribution in [1.29, 1.82) is 0 Å². The number of hydrazone groups is 1. The van der Waals surface area contributed by atoms with E-state index in [1.54, 1.807) is 30.3 Å². The van der Waals surface area contributed by atoms with Crippen LogP contribution in [0.2, 0.25) is 5.02 Å². The minimum atomic E-state index is -0.768. The Hall–Kier alpha value is -3.25. The number of carbonyl (C=O) groups is 1. The van der Waals surface area contributed by atoms with Crippen molar-refractivity contribution in [3.63, 3.8) is 0 Å². The number of amides is 1. The van der Waals surface area contributed by atoms with E-state index >= 15 is 0 Å². The Labute approximate surface area is 160 Å². The number of fused-ring (bicyclic) bond motifs is 1. The monoisotopic (exact) mass is 382 g/mol. The second-order valence-corrected chi connectivity index (χ2v) is 6.25. The molecule has 0 radical (unpaired) electrons. The highest BCUT2D eigenvalue weighted by molar-refractivity contribution is 6.30. The molecule has 136 valence electrons. The van der Waals surface area contributed by atoms with E-state index in [4.69, 9.17) is 25.5 Å². The average molecular weight is 383 g/mol. The van der Waals surface area contributed by atoms with Crippen molar-refractivity contribution in [1.82, 2.24) is 5.43 Å². The van der Waals surface area contributed by atoms with Crippen LogP contribution in [0.1, 0.15) is 5.76 Å². The van der Waals surface area contributed by atoms with Gasteiger partial charge in [-0.25, -0.2) is 5.43 Å². The number of furan rings is 1. The van der Waals surface area contributed by atoms with Gasteiger partial charge in [-0.3, -0.25) is 4.79 Å². The molecule has 0 spiro atoms. The zero-order chi connectivity index (χ0) is 18.6. The summed E-state index contributed by atoms with van der Waals surface area (Å²) in [5, 5.41) is 4.54. The zero-order valence-electron chi connectivity index (χ0n) is 14.1. The Kier molecular flexibility index (Phi) is 4.80. The van der Waals surface area contributed by atoms with E-state index in [0.717, 1.165) is 5.56 Å². The molecule has 7 heteroatoms. The molecule has 0 bridgehead atoms. The van der Waals surface area contributed by atoms with Gasteiger partial charge in [0.1, 0.15) is 18.1 Å². The molecule has 1 aliphatic heterocycles. The predicted molar refractivity (Wildman–Crippen MR) is 101 cm³/mol. The highest BCUT2D eigenvalue weighted by atomic mass is 35.5. The number of hydrogen-bond donors (Lipinski definition) is 1. The highest BCUT2D eigenvalue weighted by Crippen LogP contribution is 2.30. The number of benzene rings is 2. The van der Waals surface area contributed by atoms with Crippen molar-refractivity contribution in [2.24, 2.45) is 5.10 Å². The summed E-state index contributed by atoms with van der Waals surface area (Å²) in [6.07, 6.45) is 0.652. The summed E-state index contributed by atoms with van der Waals surface area (Å²) in [6, 6.07) is 18.1. The second-order valence-electron chi connectivity index (χ2n) is 5.81. The molecule has 1 aromatic heterocycles. The molecule has 3 aromatic rings. The van der Waals surface area contributed by atoms with E-state index in [9.17, 15) is 4.79 Å². The average Bonchev–Trinajstić information content (AvgIpc) is 3.16. The number of ether oxygens (including phenoxy) is 2. The van der Waals surface area contributed by atoms with E-state index < -0.39 is 12.0 Å². The number of halogens is 1. The van der Waals surface area contributed by atoms with Crippen LogP contribution >= 0.6 is 11.6 Å². The van der Waals surface area contributed by atoms with Crippen molar-refractivity contribution in [3.05, 3.63) is 71.4 Å². The maximum atomic E-state index is 12.2. The van der Waals surface area contributed by atoms with Crippen LogP contribution in [0.3, 0.4) is 0 Å². The molecule has 1 aliphatic rings. The lowest BCUT2D eigenvalue weighted by Crippen LogP contribution is -2.42. The summed E-state index contributed by atoms with van der Waals surface area (Å²) >= 11 is 5.99. The third-order valence-corrected chi connectivity index (χ3v) is 4.14. The molecule has 0 saturated heterocycles. The molecule has 2 aromatic carbocycles. The Morgan fingerprint density at radius 2 is 1.96 bits per heavy atom. The molecular formula is C20H15ClN2O4. The molecular weight excluding hydrogens is 368 g/mol. The van der Waals surface area contributed by atoms with Gasteiger partial charge in [-0.05, 0) is 36.4 Å². The fourth-order valence-electron chi connectivity index (χ4n) is 2.60. The maximum Gasteiger partial charge on any atom is 0.284 e. The standard InChI is InChI=1S/C20H15ClN2O4/c21-14-5-3-4-13(10-14)16-9-8-15(26-16)11-22-23-20(24)19-12-25-17-6-1-2-7-18(17)27-19/h1-11,19H,12H2,(H,23,24)/b22-11+/t19-/m1/s1. The molecule has 27 heavy (non-hydrogen) atoms. The number of nitrogens with zero attached hydrogens (tertiary/aromatic N) is 1. The van der Waals surface area contributed by atoms with Crippen LogP contribution < -0.4 is 14.9 Å². The molecule has 4 rings (SSSR count). The largest absolute Gasteiger partial charge is 0.485 e. The number of hydrogen-bond acceptors (Lipinski definition) is 5.